The number of rotatable bonds is 4. The van der Waals surface area contributed by atoms with Gasteiger partial charge in [-0.3, -0.25) is 4.79 Å². The van der Waals surface area contributed by atoms with E-state index in [1.807, 2.05) is 11.8 Å². The van der Waals surface area contributed by atoms with Gasteiger partial charge in [-0.2, -0.15) is 5.10 Å². The van der Waals surface area contributed by atoms with Gasteiger partial charge in [0.1, 0.15) is 24.4 Å². The molecule has 0 bridgehead atoms. The topological polar surface area (TPSA) is 95.8 Å². The Bertz CT molecular complexity index is 1280. The number of amides is 1. The van der Waals surface area contributed by atoms with Crippen LogP contribution in [0.2, 0.25) is 5.02 Å². The average Bonchev–Trinajstić information content (AvgIpc) is 3.43. The second kappa shape index (κ2) is 8.19. The molecule has 9 nitrogen and oxygen atoms in total. The Morgan fingerprint density at radius 1 is 1.19 bits per heavy atom. The van der Waals surface area contributed by atoms with E-state index in [1.165, 1.54) is 12.4 Å². The van der Waals surface area contributed by atoms with E-state index in [2.05, 4.69) is 25.0 Å². The number of hydrogen-bond acceptors (Lipinski definition) is 6. The Morgan fingerprint density at radius 3 is 2.72 bits per heavy atom. The van der Waals surface area contributed by atoms with Crippen molar-refractivity contribution < 1.29 is 9.18 Å². The predicted octanol–water partition coefficient (Wildman–Crippen LogP) is 2.67. The SMILES string of the molecule is Cc1ncnc2c1c(-c1ncc[nH]1)nn2CC(=O)N1CCN(c2ccc(Cl)cc2F)CC1. The van der Waals surface area contributed by atoms with Crippen molar-refractivity contribution >= 4 is 34.2 Å². The van der Waals surface area contributed by atoms with Crippen LogP contribution in [0.4, 0.5) is 10.1 Å². The molecule has 1 aliphatic rings. The molecular weight excluding hydrogens is 435 g/mol. The van der Waals surface area contributed by atoms with E-state index in [0.29, 0.717) is 54.1 Å². The van der Waals surface area contributed by atoms with Gasteiger partial charge >= 0.3 is 0 Å². The van der Waals surface area contributed by atoms with Crippen LogP contribution >= 0.6 is 11.6 Å². The molecule has 11 heteroatoms. The molecule has 0 unspecified atom stereocenters. The molecule has 4 aromatic rings. The van der Waals surface area contributed by atoms with E-state index in [9.17, 15) is 9.18 Å². The molecule has 1 aliphatic heterocycles. The second-order valence-electron chi connectivity index (χ2n) is 7.57. The first kappa shape index (κ1) is 20.4. The molecule has 164 valence electrons. The lowest BCUT2D eigenvalue weighted by Gasteiger charge is -2.36. The summed E-state index contributed by atoms with van der Waals surface area (Å²) in [7, 11) is 0. The number of aryl methyl sites for hydroxylation is 1. The fraction of sp³-hybridized carbons (Fsp3) is 0.286. The van der Waals surface area contributed by atoms with Crippen LogP contribution in [0.5, 0.6) is 0 Å². The van der Waals surface area contributed by atoms with Crippen molar-refractivity contribution in [2.45, 2.75) is 13.5 Å². The molecule has 0 saturated carbocycles. The van der Waals surface area contributed by atoms with Gasteiger partial charge in [0.25, 0.3) is 0 Å². The van der Waals surface area contributed by atoms with E-state index in [-0.39, 0.29) is 18.3 Å². The maximum Gasteiger partial charge on any atom is 0.244 e. The zero-order chi connectivity index (χ0) is 22.2. The molecular formula is C21H20ClFN8O. The summed E-state index contributed by atoms with van der Waals surface area (Å²) in [5, 5.41) is 5.73. The number of aromatic nitrogens is 6. The highest BCUT2D eigenvalue weighted by Crippen LogP contribution is 2.27. The van der Waals surface area contributed by atoms with Crippen molar-refractivity contribution in [3.8, 4) is 11.5 Å². The maximum absolute atomic E-state index is 14.2. The molecule has 1 N–H and O–H groups in total. The Kier molecular flexibility index (Phi) is 5.22. The Balaban J connectivity index is 1.33. The molecule has 5 rings (SSSR count). The number of imidazole rings is 1. The summed E-state index contributed by atoms with van der Waals surface area (Å²) in [5.74, 6) is 0.159. The van der Waals surface area contributed by atoms with Crippen LogP contribution < -0.4 is 4.90 Å². The first-order valence-electron chi connectivity index (χ1n) is 10.2. The number of nitrogens with zero attached hydrogens (tertiary/aromatic N) is 7. The van der Waals surface area contributed by atoms with E-state index in [4.69, 9.17) is 11.6 Å². The summed E-state index contributed by atoms with van der Waals surface area (Å²) >= 11 is 5.85. The number of benzene rings is 1. The lowest BCUT2D eigenvalue weighted by atomic mass is 10.2. The molecule has 3 aromatic heterocycles. The van der Waals surface area contributed by atoms with Crippen molar-refractivity contribution in [3.05, 3.63) is 53.5 Å². The molecule has 0 spiro atoms. The lowest BCUT2D eigenvalue weighted by molar-refractivity contribution is -0.132. The number of fused-ring (bicyclic) bond motifs is 1. The molecule has 1 fully saturated rings. The zero-order valence-electron chi connectivity index (χ0n) is 17.3. The van der Waals surface area contributed by atoms with Gasteiger partial charge in [0.15, 0.2) is 11.5 Å². The third-order valence-electron chi connectivity index (χ3n) is 5.61. The number of carbonyl (C=O) groups excluding carboxylic acids is 1. The van der Waals surface area contributed by atoms with Crippen LogP contribution in [0.3, 0.4) is 0 Å². The van der Waals surface area contributed by atoms with Crippen molar-refractivity contribution in [2.24, 2.45) is 0 Å². The average molecular weight is 455 g/mol. The van der Waals surface area contributed by atoms with Gasteiger partial charge in [0.05, 0.1) is 16.8 Å². The molecule has 4 heterocycles. The zero-order valence-corrected chi connectivity index (χ0v) is 18.1. The number of H-pyrrole nitrogens is 1. The quantitative estimate of drug-likeness (QED) is 0.509. The molecule has 0 aliphatic carbocycles. The highest BCUT2D eigenvalue weighted by atomic mass is 35.5. The van der Waals surface area contributed by atoms with Crippen LogP contribution in [0.25, 0.3) is 22.6 Å². The van der Waals surface area contributed by atoms with Gasteiger partial charge in [-0.05, 0) is 25.1 Å². The second-order valence-corrected chi connectivity index (χ2v) is 8.00. The standard InChI is InChI=1S/C21H20ClFN8O/c1-13-18-19(20-24-4-5-25-20)28-31(21(18)27-12-26-13)11-17(32)30-8-6-29(7-9-30)16-3-2-14(22)10-15(16)23/h2-5,10,12H,6-9,11H2,1H3,(H,24,25). The summed E-state index contributed by atoms with van der Waals surface area (Å²) in [5.41, 5.74) is 2.45. The Hall–Kier alpha value is -3.53. The van der Waals surface area contributed by atoms with E-state index in [1.54, 1.807) is 34.1 Å². The van der Waals surface area contributed by atoms with Crippen LogP contribution in [0.1, 0.15) is 5.69 Å². The number of hydrogen-bond donors (Lipinski definition) is 1. The van der Waals surface area contributed by atoms with E-state index >= 15 is 0 Å². The number of anilines is 1. The first-order valence-corrected chi connectivity index (χ1v) is 10.5. The number of piperazine rings is 1. The summed E-state index contributed by atoms with van der Waals surface area (Å²) in [6, 6.07) is 4.64. The summed E-state index contributed by atoms with van der Waals surface area (Å²) in [4.78, 5) is 32.7. The molecule has 32 heavy (non-hydrogen) atoms. The number of carbonyl (C=O) groups is 1. The van der Waals surface area contributed by atoms with Gasteiger partial charge < -0.3 is 14.8 Å². The third-order valence-corrected chi connectivity index (χ3v) is 5.84. The minimum absolute atomic E-state index is 0.0446. The fourth-order valence-electron chi connectivity index (χ4n) is 3.99. The predicted molar refractivity (Wildman–Crippen MR) is 118 cm³/mol. The number of aromatic amines is 1. The van der Waals surface area contributed by atoms with Crippen LogP contribution in [0.15, 0.2) is 36.9 Å². The van der Waals surface area contributed by atoms with Gasteiger partial charge in [-0.1, -0.05) is 11.6 Å². The monoisotopic (exact) mass is 454 g/mol. The van der Waals surface area contributed by atoms with Crippen molar-refractivity contribution in [1.29, 1.82) is 0 Å². The normalized spacial score (nSPS) is 14.3. The van der Waals surface area contributed by atoms with Crippen molar-refractivity contribution in [1.82, 2.24) is 34.6 Å². The molecule has 1 amide bonds. The van der Waals surface area contributed by atoms with Gasteiger partial charge in [0, 0.05) is 43.6 Å². The minimum atomic E-state index is -0.360. The number of halogens is 2. The molecule has 1 saturated heterocycles. The smallest absolute Gasteiger partial charge is 0.244 e. The Labute approximate surface area is 187 Å². The first-order chi connectivity index (χ1) is 15.5. The molecule has 0 atom stereocenters. The minimum Gasteiger partial charge on any atom is -0.366 e. The van der Waals surface area contributed by atoms with Gasteiger partial charge in [0.2, 0.25) is 5.91 Å². The van der Waals surface area contributed by atoms with Crippen LogP contribution in [-0.2, 0) is 11.3 Å². The highest BCUT2D eigenvalue weighted by molar-refractivity contribution is 6.30. The summed E-state index contributed by atoms with van der Waals surface area (Å²) in [6.07, 6.45) is 4.83. The van der Waals surface area contributed by atoms with Crippen molar-refractivity contribution in [2.75, 3.05) is 31.1 Å². The lowest BCUT2D eigenvalue weighted by Crippen LogP contribution is -2.49. The van der Waals surface area contributed by atoms with E-state index in [0.717, 1.165) is 11.1 Å². The highest BCUT2D eigenvalue weighted by Gasteiger charge is 2.25. The van der Waals surface area contributed by atoms with Gasteiger partial charge in [-0.25, -0.2) is 24.0 Å². The van der Waals surface area contributed by atoms with Gasteiger partial charge in [-0.15, -0.1) is 0 Å². The maximum atomic E-state index is 14.2. The largest absolute Gasteiger partial charge is 0.366 e. The summed E-state index contributed by atoms with van der Waals surface area (Å²) in [6.45, 7) is 3.95. The molecule has 1 aromatic carbocycles. The summed E-state index contributed by atoms with van der Waals surface area (Å²) < 4.78 is 15.8. The van der Waals surface area contributed by atoms with E-state index < -0.39 is 0 Å². The van der Waals surface area contributed by atoms with Crippen LogP contribution in [0, 0.1) is 12.7 Å². The van der Waals surface area contributed by atoms with Crippen LogP contribution in [-0.4, -0.2) is 66.7 Å². The molecule has 0 radical (unpaired) electrons. The fourth-order valence-corrected chi connectivity index (χ4v) is 4.14. The number of nitrogens with one attached hydrogen (secondary N) is 1. The Morgan fingerprint density at radius 2 is 2.00 bits per heavy atom. The van der Waals surface area contributed by atoms with Crippen molar-refractivity contribution in [3.63, 3.8) is 0 Å². The third kappa shape index (κ3) is 3.66.